The average molecular weight is 265 g/mol. The second-order valence-corrected chi connectivity index (χ2v) is 3.83. The summed E-state index contributed by atoms with van der Waals surface area (Å²) in [6, 6.07) is 14.7. The minimum absolute atomic E-state index is 0.175. The SMILES string of the molecule is Fc1ccccc1-c1ccccc1CBr. The standard InChI is InChI=1S/C13H10BrF/c14-9-10-5-1-2-6-11(10)12-7-3-4-8-13(12)15/h1-8H,9H2. The molecule has 0 nitrogen and oxygen atoms in total. The van der Waals surface area contributed by atoms with Gasteiger partial charge in [-0.15, -0.1) is 0 Å². The fourth-order valence-corrected chi connectivity index (χ4v) is 2.07. The van der Waals surface area contributed by atoms with Gasteiger partial charge in [0, 0.05) is 10.9 Å². The van der Waals surface area contributed by atoms with Crippen LogP contribution in [-0.4, -0.2) is 0 Å². The molecule has 0 amide bonds. The van der Waals surface area contributed by atoms with Crippen LogP contribution in [0.5, 0.6) is 0 Å². The van der Waals surface area contributed by atoms with Gasteiger partial charge in [0.25, 0.3) is 0 Å². The van der Waals surface area contributed by atoms with Crippen molar-refractivity contribution in [3.63, 3.8) is 0 Å². The van der Waals surface area contributed by atoms with E-state index >= 15 is 0 Å². The lowest BCUT2D eigenvalue weighted by Gasteiger charge is -2.07. The van der Waals surface area contributed by atoms with Crippen molar-refractivity contribution in [2.75, 3.05) is 0 Å². The molecule has 0 unspecified atom stereocenters. The van der Waals surface area contributed by atoms with E-state index in [-0.39, 0.29) is 5.82 Å². The minimum Gasteiger partial charge on any atom is -0.206 e. The molecule has 0 atom stereocenters. The maximum absolute atomic E-state index is 13.6. The van der Waals surface area contributed by atoms with Crippen molar-refractivity contribution in [1.29, 1.82) is 0 Å². The molecule has 0 heterocycles. The van der Waals surface area contributed by atoms with Crippen molar-refractivity contribution in [2.24, 2.45) is 0 Å². The van der Waals surface area contributed by atoms with Gasteiger partial charge in [0.15, 0.2) is 0 Å². The molecule has 0 saturated heterocycles. The average Bonchev–Trinajstić information content (AvgIpc) is 2.30. The van der Waals surface area contributed by atoms with E-state index in [1.807, 2.05) is 30.3 Å². The Morgan fingerprint density at radius 2 is 1.47 bits per heavy atom. The summed E-state index contributed by atoms with van der Waals surface area (Å²) < 4.78 is 13.6. The molecule has 15 heavy (non-hydrogen) atoms. The second-order valence-electron chi connectivity index (χ2n) is 3.27. The lowest BCUT2D eigenvalue weighted by molar-refractivity contribution is 0.631. The molecule has 76 valence electrons. The smallest absolute Gasteiger partial charge is 0.131 e. The van der Waals surface area contributed by atoms with Crippen LogP contribution in [0, 0.1) is 5.82 Å². The van der Waals surface area contributed by atoms with E-state index in [1.54, 1.807) is 12.1 Å². The normalized spacial score (nSPS) is 10.3. The Balaban J connectivity index is 2.59. The first-order valence-electron chi connectivity index (χ1n) is 4.71. The molecule has 2 aromatic carbocycles. The van der Waals surface area contributed by atoms with Crippen molar-refractivity contribution in [3.8, 4) is 11.1 Å². The van der Waals surface area contributed by atoms with Crippen molar-refractivity contribution < 1.29 is 4.39 Å². The molecule has 0 aliphatic carbocycles. The van der Waals surface area contributed by atoms with Gasteiger partial charge in [-0.3, -0.25) is 0 Å². The summed E-state index contributed by atoms with van der Waals surface area (Å²) in [6.07, 6.45) is 0. The number of hydrogen-bond donors (Lipinski definition) is 0. The van der Waals surface area contributed by atoms with Crippen molar-refractivity contribution in [3.05, 3.63) is 59.9 Å². The molecule has 0 fully saturated rings. The monoisotopic (exact) mass is 264 g/mol. The Hall–Kier alpha value is -1.15. The molecule has 0 N–H and O–H groups in total. The van der Waals surface area contributed by atoms with Gasteiger partial charge >= 0.3 is 0 Å². The molecule has 2 heteroatoms. The van der Waals surface area contributed by atoms with Crippen molar-refractivity contribution in [1.82, 2.24) is 0 Å². The van der Waals surface area contributed by atoms with E-state index in [2.05, 4.69) is 15.9 Å². The Bertz CT molecular complexity index is 466. The van der Waals surface area contributed by atoms with Gasteiger partial charge in [0.2, 0.25) is 0 Å². The number of benzene rings is 2. The van der Waals surface area contributed by atoms with E-state index in [0.717, 1.165) is 16.5 Å². The van der Waals surface area contributed by atoms with Crippen molar-refractivity contribution >= 4 is 15.9 Å². The zero-order valence-electron chi connectivity index (χ0n) is 8.08. The van der Waals surface area contributed by atoms with Gasteiger partial charge in [-0.2, -0.15) is 0 Å². The molecule has 0 spiro atoms. The largest absolute Gasteiger partial charge is 0.206 e. The van der Waals surface area contributed by atoms with E-state index in [4.69, 9.17) is 0 Å². The summed E-state index contributed by atoms with van der Waals surface area (Å²) in [5.41, 5.74) is 2.71. The topological polar surface area (TPSA) is 0 Å². The number of halogens is 2. The van der Waals surface area contributed by atoms with Gasteiger partial charge in [0.05, 0.1) is 0 Å². The Morgan fingerprint density at radius 1 is 0.867 bits per heavy atom. The van der Waals surface area contributed by atoms with Gasteiger partial charge in [-0.25, -0.2) is 4.39 Å². The lowest BCUT2D eigenvalue weighted by Crippen LogP contribution is -1.88. The van der Waals surface area contributed by atoms with Crippen LogP contribution in [0.2, 0.25) is 0 Å². The second kappa shape index (κ2) is 4.58. The van der Waals surface area contributed by atoms with Gasteiger partial charge in [-0.05, 0) is 17.2 Å². The first kappa shape index (κ1) is 10.4. The first-order valence-corrected chi connectivity index (χ1v) is 5.84. The van der Waals surface area contributed by atoms with Crippen LogP contribution >= 0.6 is 15.9 Å². The van der Waals surface area contributed by atoms with Crippen LogP contribution in [0.25, 0.3) is 11.1 Å². The summed E-state index contributed by atoms with van der Waals surface area (Å²) in [7, 11) is 0. The van der Waals surface area contributed by atoms with E-state index < -0.39 is 0 Å². The maximum atomic E-state index is 13.6. The molecule has 0 aliphatic heterocycles. The Labute approximate surface area is 96.9 Å². The van der Waals surface area contributed by atoms with Gasteiger partial charge < -0.3 is 0 Å². The molecule has 2 aromatic rings. The van der Waals surface area contributed by atoms with Crippen LogP contribution in [0.1, 0.15) is 5.56 Å². The van der Waals surface area contributed by atoms with Crippen LogP contribution in [0.15, 0.2) is 48.5 Å². The summed E-state index contributed by atoms with van der Waals surface area (Å²) in [4.78, 5) is 0. The quantitative estimate of drug-likeness (QED) is 0.706. The first-order chi connectivity index (χ1) is 7.33. The lowest BCUT2D eigenvalue weighted by atomic mass is 10.0. The predicted molar refractivity (Wildman–Crippen MR) is 64.5 cm³/mol. The van der Waals surface area contributed by atoms with E-state index in [1.165, 1.54) is 6.07 Å². The van der Waals surface area contributed by atoms with Gasteiger partial charge in [-0.1, -0.05) is 58.4 Å². The third kappa shape index (κ3) is 2.10. The van der Waals surface area contributed by atoms with Crippen LogP contribution in [0.3, 0.4) is 0 Å². The van der Waals surface area contributed by atoms with Gasteiger partial charge in [0.1, 0.15) is 5.82 Å². The third-order valence-electron chi connectivity index (χ3n) is 2.33. The molecule has 0 bridgehead atoms. The zero-order chi connectivity index (χ0) is 10.7. The summed E-state index contributed by atoms with van der Waals surface area (Å²) in [6.45, 7) is 0. The number of hydrogen-bond acceptors (Lipinski definition) is 0. The highest BCUT2D eigenvalue weighted by Crippen LogP contribution is 2.27. The fourth-order valence-electron chi connectivity index (χ4n) is 1.58. The third-order valence-corrected chi connectivity index (χ3v) is 2.93. The molecular formula is C13H10BrF. The molecule has 0 aliphatic rings. The Kier molecular flexibility index (Phi) is 3.17. The van der Waals surface area contributed by atoms with E-state index in [0.29, 0.717) is 5.56 Å². The minimum atomic E-state index is -0.175. The van der Waals surface area contributed by atoms with Crippen LogP contribution in [-0.2, 0) is 5.33 Å². The number of rotatable bonds is 2. The van der Waals surface area contributed by atoms with E-state index in [9.17, 15) is 4.39 Å². The van der Waals surface area contributed by atoms with Crippen molar-refractivity contribution in [2.45, 2.75) is 5.33 Å². The van der Waals surface area contributed by atoms with Crippen LogP contribution in [0.4, 0.5) is 4.39 Å². The molecular weight excluding hydrogens is 255 g/mol. The predicted octanol–water partition coefficient (Wildman–Crippen LogP) is 4.39. The summed E-state index contributed by atoms with van der Waals surface area (Å²) >= 11 is 3.41. The summed E-state index contributed by atoms with van der Waals surface area (Å²) in [5.74, 6) is -0.175. The Morgan fingerprint density at radius 3 is 2.13 bits per heavy atom. The molecule has 0 saturated carbocycles. The van der Waals surface area contributed by atoms with Crippen LogP contribution < -0.4 is 0 Å². The highest BCUT2D eigenvalue weighted by Gasteiger charge is 2.07. The highest BCUT2D eigenvalue weighted by atomic mass is 79.9. The fraction of sp³-hybridized carbons (Fsp3) is 0.0769. The number of alkyl halides is 1. The molecule has 0 radical (unpaired) electrons. The molecule has 0 aromatic heterocycles. The zero-order valence-corrected chi connectivity index (χ0v) is 9.67. The summed E-state index contributed by atoms with van der Waals surface area (Å²) in [5, 5.41) is 0.734. The highest BCUT2D eigenvalue weighted by molar-refractivity contribution is 9.08. The maximum Gasteiger partial charge on any atom is 0.131 e. The molecule has 2 rings (SSSR count).